The summed E-state index contributed by atoms with van der Waals surface area (Å²) >= 11 is 1.63. The van der Waals surface area contributed by atoms with E-state index in [1.807, 2.05) is 49.4 Å². The van der Waals surface area contributed by atoms with E-state index in [0.717, 1.165) is 10.4 Å². The van der Waals surface area contributed by atoms with Crippen molar-refractivity contribution in [3.05, 3.63) is 63.9 Å². The van der Waals surface area contributed by atoms with E-state index < -0.39 is 0 Å². The lowest BCUT2D eigenvalue weighted by Gasteiger charge is -2.15. The average Bonchev–Trinajstić information content (AvgIpc) is 2.89. The lowest BCUT2D eigenvalue weighted by molar-refractivity contribution is -0.117. The van der Waals surface area contributed by atoms with Gasteiger partial charge in [0.25, 0.3) is 0 Å². The molecule has 0 unspecified atom stereocenters. The van der Waals surface area contributed by atoms with Crippen molar-refractivity contribution in [2.75, 3.05) is 6.61 Å². The molecule has 2 N–H and O–H groups in total. The number of thiophene rings is 1. The summed E-state index contributed by atoms with van der Waals surface area (Å²) in [4.78, 5) is 14.1. The van der Waals surface area contributed by atoms with Gasteiger partial charge in [0, 0.05) is 15.8 Å². The van der Waals surface area contributed by atoms with Crippen LogP contribution in [0.1, 0.15) is 21.4 Å². The maximum absolute atomic E-state index is 11.9. The Balaban J connectivity index is 1.98. The van der Waals surface area contributed by atoms with Crippen LogP contribution in [-0.2, 0) is 4.79 Å². The molecule has 1 amide bonds. The number of aliphatic hydroxyl groups is 1. The van der Waals surface area contributed by atoms with Gasteiger partial charge in [0.1, 0.15) is 0 Å². The summed E-state index contributed by atoms with van der Waals surface area (Å²) in [6.45, 7) is 1.90. The van der Waals surface area contributed by atoms with E-state index in [1.165, 1.54) is 11.0 Å². The summed E-state index contributed by atoms with van der Waals surface area (Å²) in [6.07, 6.45) is 3.28. The van der Waals surface area contributed by atoms with Crippen LogP contribution in [0, 0.1) is 6.92 Å². The van der Waals surface area contributed by atoms with E-state index in [2.05, 4.69) is 5.32 Å². The highest BCUT2D eigenvalue weighted by atomic mass is 32.1. The number of carbonyl (C=O) groups excluding carboxylic acids is 1. The quantitative estimate of drug-likeness (QED) is 0.831. The van der Waals surface area contributed by atoms with Crippen LogP contribution in [0.2, 0.25) is 0 Å². The van der Waals surface area contributed by atoms with Gasteiger partial charge in [-0.3, -0.25) is 4.79 Å². The van der Waals surface area contributed by atoms with Gasteiger partial charge in [-0.2, -0.15) is 0 Å². The second kappa shape index (κ2) is 7.03. The van der Waals surface area contributed by atoms with E-state index >= 15 is 0 Å². The smallest absolute Gasteiger partial charge is 0.244 e. The number of hydrogen-bond acceptors (Lipinski definition) is 3. The molecular formula is C16H17NO2S. The van der Waals surface area contributed by atoms with Crippen LogP contribution < -0.4 is 5.32 Å². The van der Waals surface area contributed by atoms with Crippen molar-refractivity contribution in [2.24, 2.45) is 0 Å². The van der Waals surface area contributed by atoms with Crippen molar-refractivity contribution in [1.29, 1.82) is 0 Å². The predicted molar refractivity (Wildman–Crippen MR) is 82.5 cm³/mol. The van der Waals surface area contributed by atoms with Gasteiger partial charge in [0.15, 0.2) is 0 Å². The van der Waals surface area contributed by atoms with Crippen LogP contribution >= 0.6 is 11.3 Å². The van der Waals surface area contributed by atoms with Gasteiger partial charge >= 0.3 is 0 Å². The molecule has 0 radical (unpaired) electrons. The fourth-order valence-electron chi connectivity index (χ4n) is 1.84. The summed E-state index contributed by atoms with van der Waals surface area (Å²) < 4.78 is 0. The minimum absolute atomic E-state index is 0.123. The van der Waals surface area contributed by atoms with Gasteiger partial charge in [0.2, 0.25) is 5.91 Å². The van der Waals surface area contributed by atoms with Crippen molar-refractivity contribution in [1.82, 2.24) is 5.32 Å². The van der Waals surface area contributed by atoms with Gasteiger partial charge in [-0.15, -0.1) is 11.3 Å². The number of amides is 1. The fraction of sp³-hybridized carbons (Fsp3) is 0.188. The van der Waals surface area contributed by atoms with Crippen LogP contribution in [0.4, 0.5) is 0 Å². The van der Waals surface area contributed by atoms with E-state index in [-0.39, 0.29) is 18.6 Å². The summed E-state index contributed by atoms with van der Waals surface area (Å²) in [5.74, 6) is -0.209. The zero-order valence-electron chi connectivity index (χ0n) is 11.2. The number of nitrogens with one attached hydrogen (secondary N) is 1. The van der Waals surface area contributed by atoms with E-state index in [0.29, 0.717) is 0 Å². The minimum Gasteiger partial charge on any atom is -0.394 e. The van der Waals surface area contributed by atoms with Crippen LogP contribution in [0.3, 0.4) is 0 Å². The first-order valence-corrected chi connectivity index (χ1v) is 7.21. The number of hydrogen-bond donors (Lipinski definition) is 2. The standard InChI is InChI=1S/C16H17NO2S/c1-12-7-8-14(20-12)9-10-16(19)17-15(11-18)13-5-3-2-4-6-13/h2-10,15,18H,11H2,1H3,(H,17,19)/b10-9+/t15-/m0/s1. The Kier molecular flexibility index (Phi) is 5.09. The highest BCUT2D eigenvalue weighted by molar-refractivity contribution is 7.12. The lowest BCUT2D eigenvalue weighted by Crippen LogP contribution is -2.29. The van der Waals surface area contributed by atoms with Gasteiger partial charge in [-0.05, 0) is 30.7 Å². The molecule has 1 heterocycles. The first-order valence-electron chi connectivity index (χ1n) is 6.40. The van der Waals surface area contributed by atoms with Crippen molar-refractivity contribution in [2.45, 2.75) is 13.0 Å². The molecule has 0 saturated heterocycles. The van der Waals surface area contributed by atoms with Crippen LogP contribution in [0.25, 0.3) is 6.08 Å². The Morgan fingerprint density at radius 1 is 1.30 bits per heavy atom. The Hall–Kier alpha value is -1.91. The Morgan fingerprint density at radius 2 is 2.05 bits per heavy atom. The monoisotopic (exact) mass is 287 g/mol. The van der Waals surface area contributed by atoms with Crippen molar-refractivity contribution >= 4 is 23.3 Å². The molecule has 0 aliphatic rings. The van der Waals surface area contributed by atoms with Crippen molar-refractivity contribution in [3.8, 4) is 0 Å². The predicted octanol–water partition coefficient (Wildman–Crippen LogP) is 2.92. The maximum Gasteiger partial charge on any atom is 0.244 e. The Labute approximate surface area is 122 Å². The molecule has 3 nitrogen and oxygen atoms in total. The average molecular weight is 287 g/mol. The number of rotatable bonds is 5. The molecule has 1 atom stereocenters. The summed E-state index contributed by atoms with van der Waals surface area (Å²) in [7, 11) is 0. The molecule has 1 aromatic carbocycles. The minimum atomic E-state index is -0.376. The number of aliphatic hydroxyl groups excluding tert-OH is 1. The molecule has 2 aromatic rings. The summed E-state index contributed by atoms with van der Waals surface area (Å²) in [5, 5.41) is 12.2. The third-order valence-corrected chi connectivity index (χ3v) is 3.83. The largest absolute Gasteiger partial charge is 0.394 e. The first-order chi connectivity index (χ1) is 9.69. The second-order valence-electron chi connectivity index (χ2n) is 4.44. The molecule has 0 aliphatic carbocycles. The molecular weight excluding hydrogens is 270 g/mol. The van der Waals surface area contributed by atoms with Gasteiger partial charge in [0.05, 0.1) is 12.6 Å². The summed E-state index contributed by atoms with van der Waals surface area (Å²) in [6, 6.07) is 13.1. The number of benzene rings is 1. The van der Waals surface area contributed by atoms with Crippen LogP contribution in [0.5, 0.6) is 0 Å². The first kappa shape index (κ1) is 14.5. The fourth-order valence-corrected chi connectivity index (χ4v) is 2.62. The molecule has 0 spiro atoms. The van der Waals surface area contributed by atoms with E-state index in [1.54, 1.807) is 17.4 Å². The number of carbonyl (C=O) groups is 1. The molecule has 20 heavy (non-hydrogen) atoms. The van der Waals surface area contributed by atoms with Crippen molar-refractivity contribution in [3.63, 3.8) is 0 Å². The van der Waals surface area contributed by atoms with Crippen LogP contribution in [-0.4, -0.2) is 17.6 Å². The molecule has 0 bridgehead atoms. The summed E-state index contributed by atoms with van der Waals surface area (Å²) in [5.41, 5.74) is 0.892. The topological polar surface area (TPSA) is 49.3 Å². The zero-order chi connectivity index (χ0) is 14.4. The highest BCUT2D eigenvalue weighted by Gasteiger charge is 2.11. The van der Waals surface area contributed by atoms with Gasteiger partial charge < -0.3 is 10.4 Å². The number of aryl methyl sites for hydroxylation is 1. The highest BCUT2D eigenvalue weighted by Crippen LogP contribution is 2.16. The molecule has 0 saturated carbocycles. The SMILES string of the molecule is Cc1ccc(/C=C/C(=O)N[C@@H](CO)c2ccccc2)s1. The van der Waals surface area contributed by atoms with Gasteiger partial charge in [-0.25, -0.2) is 0 Å². The lowest BCUT2D eigenvalue weighted by atomic mass is 10.1. The van der Waals surface area contributed by atoms with Crippen LogP contribution in [0.15, 0.2) is 48.5 Å². The zero-order valence-corrected chi connectivity index (χ0v) is 12.1. The molecule has 0 fully saturated rings. The molecule has 2 rings (SSSR count). The Bertz CT molecular complexity index is 590. The van der Waals surface area contributed by atoms with Gasteiger partial charge in [-0.1, -0.05) is 30.3 Å². The molecule has 1 aromatic heterocycles. The van der Waals surface area contributed by atoms with Crippen molar-refractivity contribution < 1.29 is 9.90 Å². The normalized spacial score (nSPS) is 12.5. The maximum atomic E-state index is 11.9. The second-order valence-corrected chi connectivity index (χ2v) is 5.76. The van der Waals surface area contributed by atoms with E-state index in [9.17, 15) is 9.90 Å². The third-order valence-electron chi connectivity index (χ3n) is 2.86. The molecule has 104 valence electrons. The third kappa shape index (κ3) is 4.05. The molecule has 4 heteroatoms. The van der Waals surface area contributed by atoms with E-state index in [4.69, 9.17) is 0 Å². The Morgan fingerprint density at radius 3 is 2.65 bits per heavy atom. The molecule has 0 aliphatic heterocycles.